The van der Waals surface area contributed by atoms with Crippen LogP contribution >= 0.6 is 0 Å². The van der Waals surface area contributed by atoms with Crippen molar-refractivity contribution in [2.45, 2.75) is 31.7 Å². The van der Waals surface area contributed by atoms with Crippen molar-refractivity contribution >= 4 is 17.7 Å². The van der Waals surface area contributed by atoms with E-state index in [2.05, 4.69) is 0 Å². The fourth-order valence-corrected chi connectivity index (χ4v) is 4.59. The van der Waals surface area contributed by atoms with Crippen molar-refractivity contribution < 1.29 is 23.9 Å². The zero-order valence-corrected chi connectivity index (χ0v) is 17.2. The zero-order chi connectivity index (χ0) is 21.4. The molecule has 7 heteroatoms. The molecule has 2 aromatic rings. The average Bonchev–Trinajstić information content (AvgIpc) is 3.15. The third kappa shape index (κ3) is 3.65. The van der Waals surface area contributed by atoms with Gasteiger partial charge >= 0.3 is 0 Å². The van der Waals surface area contributed by atoms with Crippen molar-refractivity contribution in [2.75, 3.05) is 26.3 Å². The van der Waals surface area contributed by atoms with Gasteiger partial charge in [0.05, 0.1) is 25.7 Å². The molecule has 7 nitrogen and oxygen atoms in total. The van der Waals surface area contributed by atoms with Crippen LogP contribution in [0, 0.1) is 0 Å². The van der Waals surface area contributed by atoms with E-state index in [4.69, 9.17) is 9.47 Å². The highest BCUT2D eigenvalue weighted by Gasteiger charge is 2.36. The van der Waals surface area contributed by atoms with Gasteiger partial charge in [0.25, 0.3) is 5.91 Å². The Kier molecular flexibility index (Phi) is 5.10. The lowest BCUT2D eigenvalue weighted by Crippen LogP contribution is -2.48. The molecule has 31 heavy (non-hydrogen) atoms. The SMILES string of the molecule is O=C1Cc2ccccc2C(=O)N1CC(=O)N1CCC[C@@H]1c1ccc2c(c1)OCCCO2. The molecule has 3 aliphatic heterocycles. The quantitative estimate of drug-likeness (QED) is 0.714. The Morgan fingerprint density at radius 2 is 1.81 bits per heavy atom. The van der Waals surface area contributed by atoms with Crippen molar-refractivity contribution in [2.24, 2.45) is 0 Å². The first-order valence-electron chi connectivity index (χ1n) is 10.7. The predicted octanol–water partition coefficient (Wildman–Crippen LogP) is 2.74. The van der Waals surface area contributed by atoms with Gasteiger partial charge in [-0.05, 0) is 42.2 Å². The molecule has 1 saturated heterocycles. The predicted molar refractivity (Wildman–Crippen MR) is 112 cm³/mol. The summed E-state index contributed by atoms with van der Waals surface area (Å²) in [6.07, 6.45) is 2.67. The third-order valence-corrected chi connectivity index (χ3v) is 6.16. The van der Waals surface area contributed by atoms with Crippen molar-refractivity contribution in [1.29, 1.82) is 0 Å². The smallest absolute Gasteiger partial charge is 0.261 e. The van der Waals surface area contributed by atoms with Gasteiger partial charge in [-0.1, -0.05) is 24.3 Å². The lowest BCUT2D eigenvalue weighted by Gasteiger charge is -2.30. The van der Waals surface area contributed by atoms with Crippen LogP contribution in [-0.2, 0) is 16.0 Å². The molecule has 0 N–H and O–H groups in total. The third-order valence-electron chi connectivity index (χ3n) is 6.16. The summed E-state index contributed by atoms with van der Waals surface area (Å²) in [5, 5.41) is 0. The van der Waals surface area contributed by atoms with Gasteiger partial charge in [0.15, 0.2) is 11.5 Å². The Balaban J connectivity index is 1.34. The number of carbonyl (C=O) groups excluding carboxylic acids is 3. The number of hydrogen-bond donors (Lipinski definition) is 0. The minimum absolute atomic E-state index is 0.105. The maximum absolute atomic E-state index is 13.2. The maximum atomic E-state index is 13.2. The molecule has 0 bridgehead atoms. The molecular weight excluding hydrogens is 396 g/mol. The average molecular weight is 420 g/mol. The highest BCUT2D eigenvalue weighted by molar-refractivity contribution is 6.11. The van der Waals surface area contributed by atoms with Gasteiger partial charge in [0, 0.05) is 18.5 Å². The summed E-state index contributed by atoms with van der Waals surface area (Å²) in [7, 11) is 0. The molecule has 0 aliphatic carbocycles. The van der Waals surface area contributed by atoms with Crippen molar-refractivity contribution in [3.8, 4) is 11.5 Å². The van der Waals surface area contributed by atoms with Crippen LogP contribution < -0.4 is 9.47 Å². The number of rotatable bonds is 3. The monoisotopic (exact) mass is 420 g/mol. The number of fused-ring (bicyclic) bond motifs is 2. The summed E-state index contributed by atoms with van der Waals surface area (Å²) < 4.78 is 11.5. The van der Waals surface area contributed by atoms with Crippen LogP contribution in [0.15, 0.2) is 42.5 Å². The van der Waals surface area contributed by atoms with Gasteiger partial charge in [-0.15, -0.1) is 0 Å². The van der Waals surface area contributed by atoms with Gasteiger partial charge in [0.2, 0.25) is 11.8 Å². The fraction of sp³-hybridized carbons (Fsp3) is 0.375. The van der Waals surface area contributed by atoms with Crippen LogP contribution in [0.2, 0.25) is 0 Å². The maximum Gasteiger partial charge on any atom is 0.261 e. The first-order chi connectivity index (χ1) is 15.1. The largest absolute Gasteiger partial charge is 0.490 e. The summed E-state index contributed by atoms with van der Waals surface area (Å²) >= 11 is 0. The highest BCUT2D eigenvalue weighted by atomic mass is 16.5. The number of likely N-dealkylation sites (tertiary alicyclic amines) is 1. The summed E-state index contributed by atoms with van der Waals surface area (Å²) in [4.78, 5) is 41.4. The summed E-state index contributed by atoms with van der Waals surface area (Å²) in [5.41, 5.74) is 2.19. The number of imide groups is 1. The molecule has 3 amide bonds. The zero-order valence-electron chi connectivity index (χ0n) is 17.2. The normalized spacial score (nSPS) is 20.5. The van der Waals surface area contributed by atoms with Crippen LogP contribution in [-0.4, -0.2) is 53.8 Å². The Bertz CT molecular complexity index is 1050. The molecule has 0 unspecified atom stereocenters. The van der Waals surface area contributed by atoms with Crippen molar-refractivity contribution in [3.05, 3.63) is 59.2 Å². The van der Waals surface area contributed by atoms with E-state index in [-0.39, 0.29) is 30.8 Å². The molecule has 1 atom stereocenters. The van der Waals surface area contributed by atoms with E-state index >= 15 is 0 Å². The molecule has 1 fully saturated rings. The molecule has 160 valence electrons. The van der Waals surface area contributed by atoms with Crippen LogP contribution in [0.1, 0.15) is 46.8 Å². The second kappa shape index (κ2) is 8.06. The van der Waals surface area contributed by atoms with E-state index in [9.17, 15) is 14.4 Å². The van der Waals surface area contributed by atoms with E-state index in [1.54, 1.807) is 23.1 Å². The van der Waals surface area contributed by atoms with Crippen LogP contribution in [0.25, 0.3) is 0 Å². The molecule has 0 saturated carbocycles. The minimum atomic E-state index is -0.397. The summed E-state index contributed by atoms with van der Waals surface area (Å²) in [6.45, 7) is 1.60. The Morgan fingerprint density at radius 1 is 1.00 bits per heavy atom. The summed E-state index contributed by atoms with van der Waals surface area (Å²) in [6, 6.07) is 12.8. The molecule has 0 aromatic heterocycles. The molecular formula is C24H24N2O5. The van der Waals surface area contributed by atoms with Crippen molar-refractivity contribution in [3.63, 3.8) is 0 Å². The molecule has 0 radical (unpaired) electrons. The lowest BCUT2D eigenvalue weighted by molar-refractivity contribution is -0.139. The number of benzene rings is 2. The van der Waals surface area contributed by atoms with Gasteiger partial charge in [-0.3, -0.25) is 19.3 Å². The molecule has 2 aromatic carbocycles. The van der Waals surface area contributed by atoms with E-state index in [1.807, 2.05) is 24.3 Å². The van der Waals surface area contributed by atoms with Crippen LogP contribution in [0.5, 0.6) is 11.5 Å². The van der Waals surface area contributed by atoms with Gasteiger partial charge in [0.1, 0.15) is 6.54 Å². The minimum Gasteiger partial charge on any atom is -0.490 e. The number of amides is 3. The van der Waals surface area contributed by atoms with Gasteiger partial charge < -0.3 is 14.4 Å². The standard InChI is InChI=1S/C24H24N2O5/c27-22-14-16-5-1-2-6-18(16)24(29)26(22)15-23(28)25-10-3-7-19(25)17-8-9-20-21(13-17)31-12-4-11-30-20/h1-2,5-6,8-9,13,19H,3-4,7,10-12,14-15H2/t19-/m1/s1. The number of ether oxygens (including phenoxy) is 2. The van der Waals surface area contributed by atoms with E-state index in [1.165, 1.54) is 0 Å². The number of nitrogens with zero attached hydrogens (tertiary/aromatic N) is 2. The van der Waals surface area contributed by atoms with E-state index in [0.29, 0.717) is 36.6 Å². The second-order valence-electron chi connectivity index (χ2n) is 8.12. The molecule has 5 rings (SSSR count). The molecule has 3 heterocycles. The molecule has 0 spiro atoms. The van der Waals surface area contributed by atoms with Crippen molar-refractivity contribution in [1.82, 2.24) is 9.80 Å². The Labute approximate surface area is 180 Å². The lowest BCUT2D eigenvalue weighted by atomic mass is 9.98. The number of hydrogen-bond acceptors (Lipinski definition) is 5. The first-order valence-corrected chi connectivity index (χ1v) is 10.7. The van der Waals surface area contributed by atoms with Gasteiger partial charge in [-0.2, -0.15) is 0 Å². The first kappa shape index (κ1) is 19.6. The summed E-state index contributed by atoms with van der Waals surface area (Å²) in [5.74, 6) is 0.484. The van der Waals surface area contributed by atoms with E-state index in [0.717, 1.165) is 35.5 Å². The number of carbonyl (C=O) groups is 3. The van der Waals surface area contributed by atoms with Crippen LogP contribution in [0.4, 0.5) is 0 Å². The van der Waals surface area contributed by atoms with E-state index < -0.39 is 5.91 Å². The molecule has 3 aliphatic rings. The fourth-order valence-electron chi connectivity index (χ4n) is 4.59. The second-order valence-corrected chi connectivity index (χ2v) is 8.12. The highest BCUT2D eigenvalue weighted by Crippen LogP contribution is 2.38. The van der Waals surface area contributed by atoms with Crippen LogP contribution in [0.3, 0.4) is 0 Å². The Hall–Kier alpha value is -3.35. The van der Waals surface area contributed by atoms with Gasteiger partial charge in [-0.25, -0.2) is 0 Å². The topological polar surface area (TPSA) is 76.2 Å². The Morgan fingerprint density at radius 3 is 2.68 bits per heavy atom.